The van der Waals surface area contributed by atoms with Crippen LogP contribution in [0.2, 0.25) is 0 Å². The summed E-state index contributed by atoms with van der Waals surface area (Å²) in [4.78, 5) is 23.5. The van der Waals surface area contributed by atoms with Gasteiger partial charge >= 0.3 is 5.97 Å². The summed E-state index contributed by atoms with van der Waals surface area (Å²) in [6.45, 7) is 2.01. The summed E-state index contributed by atoms with van der Waals surface area (Å²) in [6.07, 6.45) is 1.16. The van der Waals surface area contributed by atoms with Gasteiger partial charge in [0.1, 0.15) is 11.5 Å². The van der Waals surface area contributed by atoms with Gasteiger partial charge in [0.05, 0.1) is 28.2 Å². The molecule has 1 heterocycles. The van der Waals surface area contributed by atoms with Gasteiger partial charge in [-0.25, -0.2) is 4.79 Å². The summed E-state index contributed by atoms with van der Waals surface area (Å²) in [5, 5.41) is 14.4. The topological polar surface area (TPSA) is 141 Å². The molecule has 0 aliphatic rings. The number of nitro benzene ring substituents is 1. The predicted octanol–water partition coefficient (Wildman–Crippen LogP) is 3.34. The number of rotatable bonds is 8. The Bertz CT molecular complexity index is 1230. The second-order valence-corrected chi connectivity index (χ2v) is 7.77. The van der Waals surface area contributed by atoms with E-state index in [1.807, 2.05) is 4.83 Å². The molecule has 11 heteroatoms. The third kappa shape index (κ3) is 5.34. The van der Waals surface area contributed by atoms with Gasteiger partial charge in [-0.1, -0.05) is 18.2 Å². The number of nitrogens with zero attached hydrogens (tertiary/aromatic N) is 2. The second kappa shape index (κ2) is 9.22. The van der Waals surface area contributed by atoms with E-state index >= 15 is 0 Å². The molecule has 0 amide bonds. The Labute approximate surface area is 177 Å². The van der Waals surface area contributed by atoms with E-state index in [0.717, 1.165) is 12.3 Å². The lowest BCUT2D eigenvalue weighted by Crippen LogP contribution is -2.18. The number of hydrogen-bond acceptors (Lipinski definition) is 8. The molecule has 0 fully saturated rings. The molecule has 0 spiro atoms. The maximum atomic E-state index is 12.2. The molecule has 0 bridgehead atoms. The fourth-order valence-corrected chi connectivity index (χ4v) is 3.37. The maximum Gasteiger partial charge on any atom is 0.338 e. The molecule has 3 aromatic rings. The molecule has 0 atom stereocenters. The minimum Gasteiger partial charge on any atom is -0.462 e. The van der Waals surface area contributed by atoms with E-state index in [0.29, 0.717) is 16.9 Å². The van der Waals surface area contributed by atoms with Crippen molar-refractivity contribution in [3.8, 4) is 11.3 Å². The van der Waals surface area contributed by atoms with Gasteiger partial charge in [-0.15, -0.1) is 0 Å². The van der Waals surface area contributed by atoms with Crippen molar-refractivity contribution in [2.24, 2.45) is 5.10 Å². The van der Waals surface area contributed by atoms with Crippen molar-refractivity contribution in [2.75, 3.05) is 6.61 Å². The van der Waals surface area contributed by atoms with E-state index in [1.165, 1.54) is 18.2 Å². The Morgan fingerprint density at radius 3 is 2.61 bits per heavy atom. The van der Waals surface area contributed by atoms with Crippen LogP contribution in [0.25, 0.3) is 11.3 Å². The molecule has 0 saturated carbocycles. The van der Waals surface area contributed by atoms with Crippen molar-refractivity contribution < 1.29 is 27.3 Å². The van der Waals surface area contributed by atoms with Crippen LogP contribution in [-0.2, 0) is 14.8 Å². The van der Waals surface area contributed by atoms with E-state index in [2.05, 4.69) is 5.10 Å². The zero-order valence-corrected chi connectivity index (χ0v) is 17.0. The van der Waals surface area contributed by atoms with Gasteiger partial charge < -0.3 is 9.15 Å². The Hall–Kier alpha value is -3.99. The Morgan fingerprint density at radius 2 is 1.94 bits per heavy atom. The van der Waals surface area contributed by atoms with Gasteiger partial charge in [0.2, 0.25) is 0 Å². The molecule has 10 nitrogen and oxygen atoms in total. The van der Waals surface area contributed by atoms with Crippen LogP contribution < -0.4 is 4.83 Å². The standard InChI is InChI=1S/C20H17N3O7S/c1-2-29-20(24)15-8-6-14(7-9-15)19-11-10-17(30-19)13-21-22-31(27,28)18-5-3-4-16(12-18)23(25)26/h3-13,22H,2H2,1H3. The Balaban J connectivity index is 1.69. The molecule has 160 valence electrons. The van der Waals surface area contributed by atoms with Crippen LogP contribution in [0.3, 0.4) is 0 Å². The number of nitro groups is 1. The molecule has 1 N–H and O–H groups in total. The number of furan rings is 1. The van der Waals surface area contributed by atoms with Crippen molar-refractivity contribution in [3.63, 3.8) is 0 Å². The summed E-state index contributed by atoms with van der Waals surface area (Å²) in [5.41, 5.74) is 0.760. The summed E-state index contributed by atoms with van der Waals surface area (Å²) in [6, 6.07) is 14.4. The first kappa shape index (κ1) is 21.7. The van der Waals surface area contributed by atoms with Gasteiger partial charge in [0.15, 0.2) is 0 Å². The first-order valence-electron chi connectivity index (χ1n) is 8.97. The highest BCUT2D eigenvalue weighted by atomic mass is 32.2. The quantitative estimate of drug-likeness (QED) is 0.243. The first-order chi connectivity index (χ1) is 14.8. The molecular weight excluding hydrogens is 426 g/mol. The van der Waals surface area contributed by atoms with Crippen LogP contribution in [0.5, 0.6) is 0 Å². The van der Waals surface area contributed by atoms with E-state index < -0.39 is 20.9 Å². The SMILES string of the molecule is CCOC(=O)c1ccc(-c2ccc(C=NNS(=O)(=O)c3cccc([N+](=O)[O-])c3)o2)cc1. The summed E-state index contributed by atoms with van der Waals surface area (Å²) < 4.78 is 35.0. The first-order valence-corrected chi connectivity index (χ1v) is 10.4. The van der Waals surface area contributed by atoms with Crippen molar-refractivity contribution in [1.82, 2.24) is 4.83 Å². The van der Waals surface area contributed by atoms with Crippen LogP contribution in [0, 0.1) is 10.1 Å². The van der Waals surface area contributed by atoms with Crippen LogP contribution in [0.15, 0.2) is 75.1 Å². The summed E-state index contributed by atoms with van der Waals surface area (Å²) >= 11 is 0. The van der Waals surface area contributed by atoms with Crippen molar-refractivity contribution in [2.45, 2.75) is 11.8 Å². The van der Waals surface area contributed by atoms with Crippen molar-refractivity contribution in [3.05, 3.63) is 82.1 Å². The third-order valence-electron chi connectivity index (χ3n) is 4.01. The normalized spacial score (nSPS) is 11.4. The van der Waals surface area contributed by atoms with Gasteiger partial charge in [-0.3, -0.25) is 10.1 Å². The fourth-order valence-electron chi connectivity index (χ4n) is 2.54. The highest BCUT2D eigenvalue weighted by molar-refractivity contribution is 7.89. The van der Waals surface area contributed by atoms with Crippen molar-refractivity contribution in [1.29, 1.82) is 0 Å². The van der Waals surface area contributed by atoms with Gasteiger partial charge in [0.25, 0.3) is 15.7 Å². The van der Waals surface area contributed by atoms with Gasteiger partial charge in [0, 0.05) is 17.7 Å². The Kier molecular flexibility index (Phi) is 6.46. The number of hydrazone groups is 1. The highest BCUT2D eigenvalue weighted by Crippen LogP contribution is 2.22. The number of esters is 1. The maximum absolute atomic E-state index is 12.2. The van der Waals surface area contributed by atoms with Crippen LogP contribution in [0.1, 0.15) is 23.0 Å². The fraction of sp³-hybridized carbons (Fsp3) is 0.100. The van der Waals surface area contributed by atoms with Gasteiger partial charge in [-0.05, 0) is 37.3 Å². The monoisotopic (exact) mass is 443 g/mol. The average molecular weight is 443 g/mol. The second-order valence-electron chi connectivity index (χ2n) is 6.11. The number of carbonyl (C=O) groups excluding carboxylic acids is 1. The lowest BCUT2D eigenvalue weighted by molar-refractivity contribution is -0.385. The zero-order valence-electron chi connectivity index (χ0n) is 16.2. The lowest BCUT2D eigenvalue weighted by atomic mass is 10.1. The van der Waals surface area contributed by atoms with E-state index in [-0.39, 0.29) is 22.9 Å². The number of sulfonamides is 1. The molecule has 1 aromatic heterocycles. The van der Waals surface area contributed by atoms with E-state index in [4.69, 9.17) is 9.15 Å². The molecule has 0 aliphatic heterocycles. The molecule has 0 saturated heterocycles. The predicted molar refractivity (Wildman–Crippen MR) is 111 cm³/mol. The molecule has 31 heavy (non-hydrogen) atoms. The summed E-state index contributed by atoms with van der Waals surface area (Å²) in [7, 11) is -4.09. The molecule has 0 radical (unpaired) electrons. The smallest absolute Gasteiger partial charge is 0.338 e. The number of ether oxygens (including phenoxy) is 1. The molecule has 0 unspecified atom stereocenters. The number of hydrogen-bond donors (Lipinski definition) is 1. The lowest BCUT2D eigenvalue weighted by Gasteiger charge is -2.03. The average Bonchev–Trinajstić information content (AvgIpc) is 3.23. The van der Waals surface area contributed by atoms with Crippen molar-refractivity contribution >= 4 is 27.9 Å². The molecule has 3 rings (SSSR count). The number of carbonyl (C=O) groups is 1. The van der Waals surface area contributed by atoms with Crippen LogP contribution in [0.4, 0.5) is 5.69 Å². The third-order valence-corrected chi connectivity index (χ3v) is 5.23. The molecule has 0 aliphatic carbocycles. The number of nitrogens with one attached hydrogen (secondary N) is 1. The zero-order chi connectivity index (χ0) is 22.4. The van der Waals surface area contributed by atoms with Gasteiger partial charge in [-0.2, -0.15) is 18.4 Å². The Morgan fingerprint density at radius 1 is 1.19 bits per heavy atom. The van der Waals surface area contributed by atoms with Crippen LogP contribution in [-0.4, -0.2) is 32.1 Å². The number of benzene rings is 2. The minimum atomic E-state index is -4.09. The molecule has 2 aromatic carbocycles. The van der Waals surface area contributed by atoms with E-state index in [1.54, 1.807) is 43.3 Å². The number of non-ortho nitro benzene ring substituents is 1. The highest BCUT2D eigenvalue weighted by Gasteiger charge is 2.17. The molecular formula is C20H17N3O7S. The van der Waals surface area contributed by atoms with E-state index in [9.17, 15) is 23.3 Å². The van der Waals surface area contributed by atoms with Crippen LogP contribution >= 0.6 is 0 Å². The summed E-state index contributed by atoms with van der Waals surface area (Å²) in [5.74, 6) is 0.335. The largest absolute Gasteiger partial charge is 0.462 e. The minimum absolute atomic E-state index is 0.270.